The number of hydrogen-bond donors (Lipinski definition) is 0. The van der Waals surface area contributed by atoms with Crippen LogP contribution in [0.4, 0.5) is 0 Å². The van der Waals surface area contributed by atoms with Gasteiger partial charge in [-0.15, -0.1) is 0 Å². The van der Waals surface area contributed by atoms with Crippen LogP contribution >= 0.6 is 0 Å². The molecule has 0 N–H and O–H groups in total. The molecule has 34 heavy (non-hydrogen) atoms. The average Bonchev–Trinajstić information content (AvgIpc) is 3.50. The largest absolute Gasteiger partial charge is 0.308 e. The standard InChI is InChI=1S/C32H26N2/c1-19-24-11-5-4-10-21(24)18-26-30-29-22(14-15-33-30)17-23(16-20-8-2-3-9-20)28-25-12-6-7-13-27(25)34(31(19)26)32(28)29/h4-7,10-15,17-18,20H,2-3,8-9,16H2,1H3. The molecule has 0 bridgehead atoms. The van der Waals surface area contributed by atoms with Crippen molar-refractivity contribution in [2.24, 2.45) is 5.92 Å². The third-order valence-corrected chi connectivity index (χ3v) is 8.48. The third kappa shape index (κ3) is 2.33. The minimum Gasteiger partial charge on any atom is -0.308 e. The molecule has 4 aromatic carbocycles. The molecule has 0 spiro atoms. The summed E-state index contributed by atoms with van der Waals surface area (Å²) in [4.78, 5) is 5.00. The van der Waals surface area contributed by atoms with Crippen molar-refractivity contribution in [1.29, 1.82) is 0 Å². The fourth-order valence-electron chi connectivity index (χ4n) is 7.02. The molecule has 164 valence electrons. The molecule has 7 aromatic rings. The van der Waals surface area contributed by atoms with Crippen LogP contribution in [0, 0.1) is 12.8 Å². The first kappa shape index (κ1) is 18.7. The average molecular weight is 439 g/mol. The molecule has 3 heterocycles. The van der Waals surface area contributed by atoms with Crippen LogP contribution in [0.15, 0.2) is 72.9 Å². The van der Waals surface area contributed by atoms with Gasteiger partial charge in [-0.25, -0.2) is 0 Å². The van der Waals surface area contributed by atoms with Gasteiger partial charge in [0.1, 0.15) is 0 Å². The Labute approximate surface area is 198 Å². The van der Waals surface area contributed by atoms with Gasteiger partial charge < -0.3 is 4.40 Å². The molecule has 3 aromatic heterocycles. The Morgan fingerprint density at radius 3 is 2.47 bits per heavy atom. The van der Waals surface area contributed by atoms with Gasteiger partial charge in [0, 0.05) is 27.7 Å². The molecule has 0 atom stereocenters. The van der Waals surface area contributed by atoms with E-state index in [4.69, 9.17) is 4.98 Å². The first-order valence-electron chi connectivity index (χ1n) is 12.7. The summed E-state index contributed by atoms with van der Waals surface area (Å²) in [5, 5.41) is 9.32. The van der Waals surface area contributed by atoms with E-state index in [-0.39, 0.29) is 0 Å². The highest BCUT2D eigenvalue weighted by molar-refractivity contribution is 6.29. The van der Waals surface area contributed by atoms with Crippen LogP contribution in [0.2, 0.25) is 0 Å². The predicted molar refractivity (Wildman–Crippen MR) is 144 cm³/mol. The minimum atomic E-state index is 0.810. The second-order valence-electron chi connectivity index (χ2n) is 10.3. The van der Waals surface area contributed by atoms with Gasteiger partial charge >= 0.3 is 0 Å². The van der Waals surface area contributed by atoms with Gasteiger partial charge in [-0.2, -0.15) is 0 Å². The summed E-state index contributed by atoms with van der Waals surface area (Å²) in [5.74, 6) is 0.810. The predicted octanol–water partition coefficient (Wildman–Crippen LogP) is 8.58. The fraction of sp³-hybridized carbons (Fsp3) is 0.219. The molecule has 2 nitrogen and oxygen atoms in total. The Morgan fingerprint density at radius 2 is 1.59 bits per heavy atom. The quantitative estimate of drug-likeness (QED) is 0.195. The molecule has 0 amide bonds. The van der Waals surface area contributed by atoms with Crippen molar-refractivity contribution < 1.29 is 0 Å². The monoisotopic (exact) mass is 438 g/mol. The number of para-hydroxylation sites is 1. The lowest BCUT2D eigenvalue weighted by Gasteiger charge is -2.18. The topological polar surface area (TPSA) is 17.3 Å². The highest BCUT2D eigenvalue weighted by atomic mass is 14.9. The summed E-state index contributed by atoms with van der Waals surface area (Å²) in [6, 6.07) is 24.9. The lowest BCUT2D eigenvalue weighted by Crippen LogP contribution is -2.01. The van der Waals surface area contributed by atoms with E-state index >= 15 is 0 Å². The lowest BCUT2D eigenvalue weighted by atomic mass is 9.91. The zero-order chi connectivity index (χ0) is 22.4. The first-order valence-corrected chi connectivity index (χ1v) is 12.7. The number of benzene rings is 4. The van der Waals surface area contributed by atoms with Crippen molar-refractivity contribution in [2.75, 3.05) is 0 Å². The van der Waals surface area contributed by atoms with Crippen molar-refractivity contribution in [2.45, 2.75) is 39.0 Å². The first-order chi connectivity index (χ1) is 16.8. The molecular weight excluding hydrogens is 412 g/mol. The molecule has 0 saturated heterocycles. The van der Waals surface area contributed by atoms with Crippen LogP contribution in [0.3, 0.4) is 0 Å². The molecule has 8 rings (SSSR count). The Morgan fingerprint density at radius 1 is 0.794 bits per heavy atom. The van der Waals surface area contributed by atoms with Gasteiger partial charge in [0.15, 0.2) is 0 Å². The van der Waals surface area contributed by atoms with Gasteiger partial charge in [0.05, 0.1) is 22.1 Å². The third-order valence-electron chi connectivity index (χ3n) is 8.48. The van der Waals surface area contributed by atoms with E-state index in [1.54, 1.807) is 0 Å². The summed E-state index contributed by atoms with van der Waals surface area (Å²) in [5.41, 5.74) is 7.96. The Bertz CT molecular complexity index is 1900. The number of fused-ring (bicyclic) bond motifs is 7. The van der Waals surface area contributed by atoms with Gasteiger partial charge in [-0.3, -0.25) is 4.98 Å². The molecule has 1 saturated carbocycles. The molecule has 0 aliphatic heterocycles. The highest BCUT2D eigenvalue weighted by Crippen LogP contribution is 2.45. The van der Waals surface area contributed by atoms with Crippen LogP contribution in [-0.4, -0.2) is 9.38 Å². The van der Waals surface area contributed by atoms with E-state index in [2.05, 4.69) is 78.1 Å². The molecule has 0 radical (unpaired) electrons. The summed E-state index contributed by atoms with van der Waals surface area (Å²) >= 11 is 0. The number of rotatable bonds is 2. The summed E-state index contributed by atoms with van der Waals surface area (Å²) < 4.78 is 2.57. The maximum Gasteiger partial charge on any atom is 0.0823 e. The molecular formula is C32H26N2. The van der Waals surface area contributed by atoms with Crippen LogP contribution in [-0.2, 0) is 6.42 Å². The Balaban J connectivity index is 1.67. The number of aryl methyl sites for hydroxylation is 1. The second kappa shape index (κ2) is 6.70. The van der Waals surface area contributed by atoms with Crippen molar-refractivity contribution in [3.8, 4) is 0 Å². The summed E-state index contributed by atoms with van der Waals surface area (Å²) in [7, 11) is 0. The zero-order valence-corrected chi connectivity index (χ0v) is 19.4. The SMILES string of the molecule is Cc1c2ccccc2cc2c3nccc4cc(CC5CCCC5)c5c6ccccc6n(c12)c5c43. The maximum absolute atomic E-state index is 5.00. The van der Waals surface area contributed by atoms with Crippen molar-refractivity contribution in [3.05, 3.63) is 84.1 Å². The van der Waals surface area contributed by atoms with E-state index in [0.29, 0.717) is 0 Å². The van der Waals surface area contributed by atoms with E-state index in [0.717, 1.165) is 11.4 Å². The van der Waals surface area contributed by atoms with Gasteiger partial charge in [0.25, 0.3) is 0 Å². The molecule has 2 heteroatoms. The van der Waals surface area contributed by atoms with Crippen LogP contribution in [0.25, 0.3) is 59.8 Å². The fourth-order valence-corrected chi connectivity index (χ4v) is 7.02. The number of hydrogen-bond acceptors (Lipinski definition) is 1. The second-order valence-corrected chi connectivity index (χ2v) is 10.3. The molecule has 1 fully saturated rings. The van der Waals surface area contributed by atoms with Crippen LogP contribution in [0.1, 0.15) is 36.8 Å². The minimum absolute atomic E-state index is 0.810. The van der Waals surface area contributed by atoms with Gasteiger partial charge in [0.2, 0.25) is 0 Å². The van der Waals surface area contributed by atoms with Crippen LogP contribution in [0.5, 0.6) is 0 Å². The lowest BCUT2D eigenvalue weighted by molar-refractivity contribution is 0.549. The normalized spacial score (nSPS) is 15.3. The molecule has 1 aliphatic rings. The van der Waals surface area contributed by atoms with Crippen molar-refractivity contribution in [3.63, 3.8) is 0 Å². The smallest absolute Gasteiger partial charge is 0.0823 e. The summed E-state index contributed by atoms with van der Waals surface area (Å²) in [6.45, 7) is 2.29. The highest BCUT2D eigenvalue weighted by Gasteiger charge is 2.24. The van der Waals surface area contributed by atoms with Crippen molar-refractivity contribution >= 4 is 59.8 Å². The van der Waals surface area contributed by atoms with Gasteiger partial charge in [-0.05, 0) is 64.7 Å². The van der Waals surface area contributed by atoms with E-state index in [1.807, 2.05) is 6.20 Å². The Kier molecular flexibility index (Phi) is 3.69. The maximum atomic E-state index is 5.00. The number of aromatic nitrogens is 2. The van der Waals surface area contributed by atoms with Gasteiger partial charge in [-0.1, -0.05) is 74.2 Å². The Hall–Kier alpha value is -3.65. The van der Waals surface area contributed by atoms with E-state index < -0.39 is 0 Å². The number of pyridine rings is 2. The van der Waals surface area contributed by atoms with E-state index in [9.17, 15) is 0 Å². The van der Waals surface area contributed by atoms with Crippen molar-refractivity contribution in [1.82, 2.24) is 9.38 Å². The zero-order valence-electron chi connectivity index (χ0n) is 19.4. The molecule has 0 unspecified atom stereocenters. The van der Waals surface area contributed by atoms with Crippen LogP contribution < -0.4 is 0 Å². The number of nitrogens with zero attached hydrogens (tertiary/aromatic N) is 2. The molecule has 1 aliphatic carbocycles. The van der Waals surface area contributed by atoms with E-state index in [1.165, 1.54) is 97.5 Å². The summed E-state index contributed by atoms with van der Waals surface area (Å²) in [6.07, 6.45) is 8.70.